The van der Waals surface area contributed by atoms with Crippen molar-refractivity contribution < 1.29 is 13.2 Å². The summed E-state index contributed by atoms with van der Waals surface area (Å²) in [7, 11) is 0. The molecule has 0 spiro atoms. The maximum absolute atomic E-state index is 12.1. The Balaban J connectivity index is 0.000000243. The van der Waals surface area contributed by atoms with Crippen molar-refractivity contribution in [2.75, 3.05) is 6.54 Å². The van der Waals surface area contributed by atoms with Gasteiger partial charge in [-0.25, -0.2) is 0 Å². The zero-order valence-corrected chi connectivity index (χ0v) is 13.3. The minimum Gasteiger partial charge on any atom is -0.330 e. The molecule has 0 aromatic heterocycles. The van der Waals surface area contributed by atoms with Gasteiger partial charge in [-0.2, -0.15) is 18.4 Å². The van der Waals surface area contributed by atoms with Gasteiger partial charge in [0.05, 0.1) is 17.2 Å². The average Bonchev–Trinajstić information content (AvgIpc) is 2.55. The highest BCUT2D eigenvalue weighted by Gasteiger charge is 2.29. The van der Waals surface area contributed by atoms with Crippen LogP contribution in [0.15, 0.2) is 48.5 Å². The highest BCUT2D eigenvalue weighted by Crippen LogP contribution is 2.29. The molecule has 0 aliphatic heterocycles. The van der Waals surface area contributed by atoms with Crippen molar-refractivity contribution in [2.45, 2.75) is 25.6 Å². The maximum Gasteiger partial charge on any atom is 0.416 e. The molecular weight excluding hydrogens is 315 g/mol. The smallest absolute Gasteiger partial charge is 0.330 e. The molecule has 128 valence electrons. The minimum atomic E-state index is -4.25. The van der Waals surface area contributed by atoms with Crippen molar-refractivity contribution in [2.24, 2.45) is 11.5 Å². The number of hydrogen-bond donors (Lipinski definition) is 2. The predicted octanol–water partition coefficient (Wildman–Crippen LogP) is 3.78. The van der Waals surface area contributed by atoms with Crippen LogP contribution in [-0.4, -0.2) is 6.54 Å². The quantitative estimate of drug-likeness (QED) is 0.896. The molecule has 0 heterocycles. The Morgan fingerprint density at radius 3 is 1.96 bits per heavy atom. The molecule has 2 aromatic carbocycles. The van der Waals surface area contributed by atoms with Gasteiger partial charge in [0.25, 0.3) is 0 Å². The van der Waals surface area contributed by atoms with Crippen LogP contribution in [0.2, 0.25) is 0 Å². The topological polar surface area (TPSA) is 75.8 Å². The number of alkyl halides is 3. The van der Waals surface area contributed by atoms with E-state index < -0.39 is 11.7 Å². The van der Waals surface area contributed by atoms with E-state index in [0.717, 1.165) is 23.3 Å². The Kier molecular flexibility index (Phi) is 7.43. The Morgan fingerprint density at radius 2 is 1.58 bits per heavy atom. The van der Waals surface area contributed by atoms with Crippen molar-refractivity contribution in [1.29, 1.82) is 5.26 Å². The zero-order valence-electron chi connectivity index (χ0n) is 13.3. The van der Waals surface area contributed by atoms with E-state index in [0.29, 0.717) is 18.5 Å². The molecule has 0 saturated heterocycles. The van der Waals surface area contributed by atoms with E-state index >= 15 is 0 Å². The van der Waals surface area contributed by atoms with E-state index in [4.69, 9.17) is 16.7 Å². The van der Waals surface area contributed by atoms with E-state index in [-0.39, 0.29) is 6.04 Å². The lowest BCUT2D eigenvalue weighted by Crippen LogP contribution is -2.06. The molecular formula is C18H20F3N3. The summed E-state index contributed by atoms with van der Waals surface area (Å²) in [5.41, 5.74) is 12.8. The molecule has 0 saturated carbocycles. The van der Waals surface area contributed by atoms with Crippen LogP contribution in [0.3, 0.4) is 0 Å². The van der Waals surface area contributed by atoms with Gasteiger partial charge < -0.3 is 11.5 Å². The fourth-order valence-electron chi connectivity index (χ4n) is 1.89. The molecule has 0 amide bonds. The molecule has 6 heteroatoms. The van der Waals surface area contributed by atoms with Gasteiger partial charge in [-0.05, 0) is 55.3 Å². The van der Waals surface area contributed by atoms with Crippen molar-refractivity contribution in [3.05, 3.63) is 70.8 Å². The van der Waals surface area contributed by atoms with Gasteiger partial charge in [0.15, 0.2) is 0 Å². The summed E-state index contributed by atoms with van der Waals surface area (Å²) in [5.74, 6) is 0. The molecule has 3 nitrogen and oxygen atoms in total. The normalized spacial score (nSPS) is 11.9. The fourth-order valence-corrected chi connectivity index (χ4v) is 1.89. The van der Waals surface area contributed by atoms with E-state index in [1.54, 1.807) is 12.1 Å². The Morgan fingerprint density at radius 1 is 1.04 bits per heavy atom. The van der Waals surface area contributed by atoms with E-state index in [9.17, 15) is 13.2 Å². The second-order valence-corrected chi connectivity index (χ2v) is 5.26. The van der Waals surface area contributed by atoms with E-state index in [1.807, 2.05) is 19.1 Å². The molecule has 0 bridgehead atoms. The third kappa shape index (κ3) is 6.41. The van der Waals surface area contributed by atoms with Gasteiger partial charge >= 0.3 is 6.18 Å². The van der Waals surface area contributed by atoms with Crippen LogP contribution >= 0.6 is 0 Å². The molecule has 0 aliphatic rings. The van der Waals surface area contributed by atoms with Crippen LogP contribution in [-0.2, 0) is 12.6 Å². The van der Waals surface area contributed by atoms with Crippen molar-refractivity contribution >= 4 is 0 Å². The molecule has 0 fully saturated rings. The zero-order chi connectivity index (χ0) is 18.2. The first-order valence-corrected chi connectivity index (χ1v) is 7.39. The first-order valence-electron chi connectivity index (χ1n) is 7.39. The lowest BCUT2D eigenvalue weighted by Gasteiger charge is -2.06. The third-order valence-electron chi connectivity index (χ3n) is 3.28. The van der Waals surface area contributed by atoms with Crippen molar-refractivity contribution in [1.82, 2.24) is 0 Å². The van der Waals surface area contributed by atoms with Gasteiger partial charge in [0, 0.05) is 6.04 Å². The lowest BCUT2D eigenvalue weighted by molar-refractivity contribution is -0.137. The molecule has 2 rings (SSSR count). The molecule has 2 aromatic rings. The Bertz CT molecular complexity index is 654. The SMILES string of the molecule is CC(N)c1ccc(C#N)cc1.NCCc1ccc(C(F)(F)F)cc1. The summed E-state index contributed by atoms with van der Waals surface area (Å²) in [6.07, 6.45) is -3.64. The van der Waals surface area contributed by atoms with Gasteiger partial charge in [0.2, 0.25) is 0 Å². The number of halogens is 3. The van der Waals surface area contributed by atoms with Crippen LogP contribution in [0, 0.1) is 11.3 Å². The number of nitriles is 1. The average molecular weight is 335 g/mol. The van der Waals surface area contributed by atoms with Gasteiger partial charge in [-0.1, -0.05) is 24.3 Å². The second-order valence-electron chi connectivity index (χ2n) is 5.26. The van der Waals surface area contributed by atoms with E-state index in [2.05, 4.69) is 6.07 Å². The largest absolute Gasteiger partial charge is 0.416 e. The number of benzene rings is 2. The Hall–Kier alpha value is -2.36. The highest BCUT2D eigenvalue weighted by molar-refractivity contribution is 5.32. The fraction of sp³-hybridized carbons (Fsp3) is 0.278. The molecule has 0 radical (unpaired) electrons. The molecule has 1 atom stereocenters. The van der Waals surface area contributed by atoms with Crippen LogP contribution in [0.5, 0.6) is 0 Å². The molecule has 0 aliphatic carbocycles. The number of rotatable bonds is 3. The van der Waals surface area contributed by atoms with Crippen LogP contribution in [0.4, 0.5) is 13.2 Å². The van der Waals surface area contributed by atoms with Crippen molar-refractivity contribution in [3.63, 3.8) is 0 Å². The molecule has 4 N–H and O–H groups in total. The summed E-state index contributed by atoms with van der Waals surface area (Å²) in [6.45, 7) is 2.37. The van der Waals surface area contributed by atoms with Crippen molar-refractivity contribution in [3.8, 4) is 6.07 Å². The second kappa shape index (κ2) is 9.06. The minimum absolute atomic E-state index is 0.0442. The standard InChI is InChI=1S/C9H10F3N.C9H10N2/c10-9(11,12)8-3-1-7(2-4-8)5-6-13;1-7(11)9-4-2-8(6-10)3-5-9/h1-4H,5-6,13H2;2-5,7H,11H2,1H3. The lowest BCUT2D eigenvalue weighted by atomic mass is 10.1. The number of hydrogen-bond acceptors (Lipinski definition) is 3. The summed E-state index contributed by atoms with van der Waals surface area (Å²) in [6, 6.07) is 14.5. The first kappa shape index (κ1) is 19.7. The van der Waals surface area contributed by atoms with Crippen LogP contribution in [0.25, 0.3) is 0 Å². The van der Waals surface area contributed by atoms with Crippen LogP contribution < -0.4 is 11.5 Å². The van der Waals surface area contributed by atoms with E-state index in [1.165, 1.54) is 12.1 Å². The summed E-state index contributed by atoms with van der Waals surface area (Å²) in [5, 5.41) is 8.49. The summed E-state index contributed by atoms with van der Waals surface area (Å²) < 4.78 is 36.2. The van der Waals surface area contributed by atoms with Crippen LogP contribution in [0.1, 0.15) is 35.2 Å². The van der Waals surface area contributed by atoms with Gasteiger partial charge in [-0.15, -0.1) is 0 Å². The number of nitrogens with two attached hydrogens (primary N) is 2. The number of nitrogens with zero attached hydrogens (tertiary/aromatic N) is 1. The highest BCUT2D eigenvalue weighted by atomic mass is 19.4. The monoisotopic (exact) mass is 335 g/mol. The molecule has 24 heavy (non-hydrogen) atoms. The first-order chi connectivity index (χ1) is 11.3. The predicted molar refractivity (Wildman–Crippen MR) is 88.0 cm³/mol. The van der Waals surface area contributed by atoms with Gasteiger partial charge in [-0.3, -0.25) is 0 Å². The molecule has 1 unspecified atom stereocenters. The maximum atomic E-state index is 12.1. The summed E-state index contributed by atoms with van der Waals surface area (Å²) >= 11 is 0. The summed E-state index contributed by atoms with van der Waals surface area (Å²) in [4.78, 5) is 0. The Labute approximate surface area is 139 Å². The van der Waals surface area contributed by atoms with Gasteiger partial charge in [0.1, 0.15) is 0 Å². The third-order valence-corrected chi connectivity index (χ3v) is 3.28.